The zero-order valence-electron chi connectivity index (χ0n) is 16.2. The number of aryl methyl sites for hydroxylation is 2. The van der Waals surface area contributed by atoms with Gasteiger partial charge in [-0.25, -0.2) is 5.43 Å². The molecule has 6 nitrogen and oxygen atoms in total. The van der Waals surface area contributed by atoms with Gasteiger partial charge >= 0.3 is 11.8 Å². The summed E-state index contributed by atoms with van der Waals surface area (Å²) < 4.78 is 2.14. The Morgan fingerprint density at radius 3 is 2.35 bits per heavy atom. The van der Waals surface area contributed by atoms with Crippen LogP contribution in [-0.2, 0) is 9.59 Å². The Hall–Kier alpha value is -2.89. The Labute approximate surface area is 154 Å². The van der Waals surface area contributed by atoms with Gasteiger partial charge in [0.2, 0.25) is 0 Å². The molecule has 0 atom stereocenters. The molecule has 0 spiro atoms. The maximum atomic E-state index is 11.8. The predicted molar refractivity (Wildman–Crippen MR) is 104 cm³/mol. The number of rotatable bonds is 3. The highest BCUT2D eigenvalue weighted by Gasteiger charge is 2.19. The molecule has 6 heteroatoms. The van der Waals surface area contributed by atoms with Crippen molar-refractivity contribution in [1.82, 2.24) is 15.3 Å². The van der Waals surface area contributed by atoms with Crippen molar-refractivity contribution in [2.24, 2.45) is 5.10 Å². The number of benzene rings is 1. The lowest BCUT2D eigenvalue weighted by atomic mass is 10.1. The second-order valence-corrected chi connectivity index (χ2v) is 7.35. The lowest BCUT2D eigenvalue weighted by Crippen LogP contribution is -2.47. The molecule has 138 valence electrons. The van der Waals surface area contributed by atoms with Gasteiger partial charge in [0.05, 0.1) is 6.21 Å². The molecule has 0 saturated carbocycles. The smallest absolute Gasteiger partial charge is 0.329 e. The quantitative estimate of drug-likeness (QED) is 0.505. The third-order valence-electron chi connectivity index (χ3n) is 3.89. The van der Waals surface area contributed by atoms with Crippen LogP contribution in [0.25, 0.3) is 5.69 Å². The first-order chi connectivity index (χ1) is 12.1. The molecule has 2 rings (SSSR count). The van der Waals surface area contributed by atoms with Crippen molar-refractivity contribution in [2.75, 3.05) is 0 Å². The van der Waals surface area contributed by atoms with E-state index in [1.165, 1.54) is 5.56 Å². The highest BCUT2D eigenvalue weighted by molar-refractivity contribution is 6.35. The van der Waals surface area contributed by atoms with Gasteiger partial charge in [-0.15, -0.1) is 0 Å². The molecule has 0 aliphatic carbocycles. The van der Waals surface area contributed by atoms with Crippen molar-refractivity contribution in [1.29, 1.82) is 0 Å². The second kappa shape index (κ2) is 7.56. The van der Waals surface area contributed by atoms with Gasteiger partial charge in [0.25, 0.3) is 0 Å². The molecule has 0 fully saturated rings. The number of hydrogen-bond acceptors (Lipinski definition) is 3. The highest BCUT2D eigenvalue weighted by Crippen LogP contribution is 2.22. The van der Waals surface area contributed by atoms with E-state index >= 15 is 0 Å². The summed E-state index contributed by atoms with van der Waals surface area (Å²) in [6.07, 6.45) is 1.55. The molecule has 2 aromatic rings. The SMILES string of the molecule is Cc1ccccc1-n1c(C)cc(/C=N\NC(=O)C(=O)NC(C)(C)C)c1C. The van der Waals surface area contributed by atoms with E-state index in [0.717, 1.165) is 22.6 Å². The van der Waals surface area contributed by atoms with Crippen LogP contribution in [-0.4, -0.2) is 28.1 Å². The predicted octanol–water partition coefficient (Wildman–Crippen LogP) is 2.77. The van der Waals surface area contributed by atoms with Crippen molar-refractivity contribution >= 4 is 18.0 Å². The van der Waals surface area contributed by atoms with Crippen LogP contribution in [0.1, 0.15) is 43.3 Å². The molecule has 0 bridgehead atoms. The first kappa shape index (κ1) is 19.4. The Morgan fingerprint density at radius 1 is 1.08 bits per heavy atom. The van der Waals surface area contributed by atoms with E-state index in [1.807, 2.05) is 52.8 Å². The fourth-order valence-corrected chi connectivity index (χ4v) is 2.71. The minimum absolute atomic E-state index is 0.476. The molecule has 0 radical (unpaired) electrons. The number of nitrogens with one attached hydrogen (secondary N) is 2. The zero-order chi connectivity index (χ0) is 19.5. The van der Waals surface area contributed by atoms with Crippen molar-refractivity contribution in [3.05, 3.63) is 52.8 Å². The number of hydrazone groups is 1. The van der Waals surface area contributed by atoms with Crippen molar-refractivity contribution in [2.45, 2.75) is 47.1 Å². The molecule has 1 aromatic carbocycles. The Morgan fingerprint density at radius 2 is 1.73 bits per heavy atom. The molecule has 26 heavy (non-hydrogen) atoms. The normalized spacial score (nSPS) is 11.6. The summed E-state index contributed by atoms with van der Waals surface area (Å²) in [5.74, 6) is -1.50. The number of carbonyl (C=O) groups excluding carboxylic acids is 2. The molecule has 1 aromatic heterocycles. The summed E-state index contributed by atoms with van der Waals surface area (Å²) in [6, 6.07) is 10.1. The number of nitrogens with zero attached hydrogens (tertiary/aromatic N) is 2. The summed E-state index contributed by atoms with van der Waals surface area (Å²) in [7, 11) is 0. The summed E-state index contributed by atoms with van der Waals surface area (Å²) in [5.41, 5.74) is 7.02. The number of para-hydroxylation sites is 1. The van der Waals surface area contributed by atoms with E-state index in [2.05, 4.69) is 39.5 Å². The molecule has 1 heterocycles. The molecule has 2 N–H and O–H groups in total. The zero-order valence-corrected chi connectivity index (χ0v) is 16.2. The second-order valence-electron chi connectivity index (χ2n) is 7.35. The van der Waals surface area contributed by atoms with Gasteiger partial charge in [-0.2, -0.15) is 5.10 Å². The number of aromatic nitrogens is 1. The Balaban J connectivity index is 2.15. The van der Waals surface area contributed by atoms with E-state index in [0.29, 0.717) is 0 Å². The van der Waals surface area contributed by atoms with E-state index in [9.17, 15) is 9.59 Å². The van der Waals surface area contributed by atoms with Crippen LogP contribution in [0.2, 0.25) is 0 Å². The van der Waals surface area contributed by atoms with Crippen LogP contribution in [0.4, 0.5) is 0 Å². The molecule has 0 saturated heterocycles. The van der Waals surface area contributed by atoms with Crippen LogP contribution >= 0.6 is 0 Å². The van der Waals surface area contributed by atoms with E-state index in [4.69, 9.17) is 0 Å². The lowest BCUT2D eigenvalue weighted by Gasteiger charge is -2.19. The van der Waals surface area contributed by atoms with Gasteiger partial charge in [-0.1, -0.05) is 18.2 Å². The summed E-state index contributed by atoms with van der Waals surface area (Å²) in [6.45, 7) is 11.5. The minimum Gasteiger partial charge on any atom is -0.343 e. The summed E-state index contributed by atoms with van der Waals surface area (Å²) >= 11 is 0. The van der Waals surface area contributed by atoms with E-state index in [1.54, 1.807) is 6.21 Å². The third-order valence-corrected chi connectivity index (χ3v) is 3.89. The molecule has 0 aliphatic rings. The summed E-state index contributed by atoms with van der Waals surface area (Å²) in [5, 5.41) is 6.52. The fourth-order valence-electron chi connectivity index (χ4n) is 2.71. The van der Waals surface area contributed by atoms with Crippen molar-refractivity contribution in [3.63, 3.8) is 0 Å². The summed E-state index contributed by atoms with van der Waals surface area (Å²) in [4.78, 5) is 23.5. The standard InChI is InChI=1S/C20H26N4O2/c1-13-9-7-8-10-17(13)24-14(2)11-16(15(24)3)12-21-23-19(26)18(25)22-20(4,5)6/h7-12H,1-6H3,(H,22,25)(H,23,26)/b21-12-. The van der Waals surface area contributed by atoms with Crippen LogP contribution in [0.15, 0.2) is 35.4 Å². The van der Waals surface area contributed by atoms with E-state index in [-0.39, 0.29) is 0 Å². The lowest BCUT2D eigenvalue weighted by molar-refractivity contribution is -0.140. The van der Waals surface area contributed by atoms with Crippen molar-refractivity contribution < 1.29 is 9.59 Å². The number of amides is 2. The largest absolute Gasteiger partial charge is 0.343 e. The van der Waals surface area contributed by atoms with Gasteiger partial charge in [-0.05, 0) is 59.2 Å². The van der Waals surface area contributed by atoms with E-state index < -0.39 is 17.4 Å². The van der Waals surface area contributed by atoms with Crippen LogP contribution in [0.5, 0.6) is 0 Å². The Bertz CT molecular complexity index is 857. The monoisotopic (exact) mass is 354 g/mol. The van der Waals surface area contributed by atoms with Crippen LogP contribution in [0.3, 0.4) is 0 Å². The van der Waals surface area contributed by atoms with Crippen LogP contribution < -0.4 is 10.7 Å². The van der Waals surface area contributed by atoms with Gasteiger partial charge in [0.1, 0.15) is 0 Å². The van der Waals surface area contributed by atoms with Gasteiger partial charge in [0, 0.05) is 28.2 Å². The molecular formula is C20H26N4O2. The molecule has 2 amide bonds. The maximum absolute atomic E-state index is 11.8. The highest BCUT2D eigenvalue weighted by atomic mass is 16.2. The van der Waals surface area contributed by atoms with Gasteiger partial charge < -0.3 is 9.88 Å². The third kappa shape index (κ3) is 4.59. The Kier molecular flexibility index (Phi) is 5.65. The first-order valence-corrected chi connectivity index (χ1v) is 8.50. The van der Waals surface area contributed by atoms with Gasteiger partial charge in [0.15, 0.2) is 0 Å². The molecule has 0 unspecified atom stereocenters. The fraction of sp³-hybridized carbons (Fsp3) is 0.350. The average molecular weight is 354 g/mol. The molecule has 0 aliphatic heterocycles. The molecular weight excluding hydrogens is 328 g/mol. The average Bonchev–Trinajstić information content (AvgIpc) is 2.80. The minimum atomic E-state index is -0.788. The number of hydrogen-bond donors (Lipinski definition) is 2. The van der Waals surface area contributed by atoms with Crippen molar-refractivity contribution in [3.8, 4) is 5.69 Å². The number of carbonyl (C=O) groups is 2. The topological polar surface area (TPSA) is 75.5 Å². The van der Waals surface area contributed by atoms with Crippen LogP contribution in [0, 0.1) is 20.8 Å². The maximum Gasteiger partial charge on any atom is 0.329 e. The first-order valence-electron chi connectivity index (χ1n) is 8.50. The van der Waals surface area contributed by atoms with Gasteiger partial charge in [-0.3, -0.25) is 9.59 Å².